The van der Waals surface area contributed by atoms with Crippen LogP contribution >= 0.6 is 0 Å². The molecule has 126 valence electrons. The fourth-order valence-corrected chi connectivity index (χ4v) is 2.94. The molecule has 0 aliphatic carbocycles. The smallest absolute Gasteiger partial charge is 0.254 e. The molecular formula is C18H19N7. The van der Waals surface area contributed by atoms with Crippen molar-refractivity contribution in [2.75, 3.05) is 5.32 Å². The van der Waals surface area contributed by atoms with Crippen molar-refractivity contribution in [2.24, 2.45) is 7.05 Å². The van der Waals surface area contributed by atoms with E-state index in [-0.39, 0.29) is 6.04 Å². The lowest BCUT2D eigenvalue weighted by atomic mass is 10.1. The third-order valence-electron chi connectivity index (χ3n) is 4.44. The number of aromatic nitrogens is 6. The van der Waals surface area contributed by atoms with Gasteiger partial charge in [-0.3, -0.25) is 0 Å². The van der Waals surface area contributed by atoms with Crippen molar-refractivity contribution in [1.82, 2.24) is 29.1 Å². The van der Waals surface area contributed by atoms with Crippen molar-refractivity contribution in [3.8, 4) is 0 Å². The summed E-state index contributed by atoms with van der Waals surface area (Å²) in [6.45, 7) is 4.01. The molecule has 0 unspecified atom stereocenters. The van der Waals surface area contributed by atoms with Gasteiger partial charge in [0, 0.05) is 30.7 Å². The zero-order chi connectivity index (χ0) is 17.4. The van der Waals surface area contributed by atoms with Crippen LogP contribution in [0.3, 0.4) is 0 Å². The first-order valence-corrected chi connectivity index (χ1v) is 8.11. The second kappa shape index (κ2) is 6.01. The molecule has 25 heavy (non-hydrogen) atoms. The Labute approximate surface area is 145 Å². The van der Waals surface area contributed by atoms with Gasteiger partial charge in [-0.25, -0.2) is 9.97 Å². The van der Waals surface area contributed by atoms with Crippen molar-refractivity contribution in [3.63, 3.8) is 0 Å². The molecule has 1 N–H and O–H groups in total. The van der Waals surface area contributed by atoms with E-state index in [4.69, 9.17) is 0 Å². The van der Waals surface area contributed by atoms with Crippen LogP contribution in [0.15, 0.2) is 49.1 Å². The summed E-state index contributed by atoms with van der Waals surface area (Å²) in [4.78, 5) is 13.3. The number of anilines is 1. The third kappa shape index (κ3) is 2.63. The highest BCUT2D eigenvalue weighted by molar-refractivity contribution is 5.54. The summed E-state index contributed by atoms with van der Waals surface area (Å²) in [5.41, 5.74) is 3.08. The molecule has 0 radical (unpaired) electrons. The van der Waals surface area contributed by atoms with Gasteiger partial charge in [0.15, 0.2) is 0 Å². The molecule has 0 bridgehead atoms. The summed E-state index contributed by atoms with van der Waals surface area (Å²) >= 11 is 0. The second-order valence-corrected chi connectivity index (χ2v) is 6.03. The Kier molecular flexibility index (Phi) is 3.68. The van der Waals surface area contributed by atoms with Crippen LogP contribution < -0.4 is 5.32 Å². The Bertz CT molecular complexity index is 1020. The fraction of sp³-hybridized carbons (Fsp3) is 0.222. The van der Waals surface area contributed by atoms with E-state index in [1.165, 1.54) is 6.33 Å². The van der Waals surface area contributed by atoms with Crippen LogP contribution in [0.5, 0.6) is 0 Å². The van der Waals surface area contributed by atoms with Gasteiger partial charge < -0.3 is 9.88 Å². The van der Waals surface area contributed by atoms with Crippen LogP contribution in [0.4, 0.5) is 5.82 Å². The molecular weight excluding hydrogens is 314 g/mol. The molecule has 4 aromatic rings. The fourth-order valence-electron chi connectivity index (χ4n) is 2.94. The van der Waals surface area contributed by atoms with Crippen molar-refractivity contribution in [1.29, 1.82) is 0 Å². The monoisotopic (exact) mass is 333 g/mol. The molecule has 0 amide bonds. The van der Waals surface area contributed by atoms with Crippen LogP contribution in [0.25, 0.3) is 5.78 Å². The number of benzene rings is 1. The minimum absolute atomic E-state index is 0.117. The molecule has 0 aliphatic rings. The first-order chi connectivity index (χ1) is 12.1. The number of rotatable bonds is 4. The standard InChI is InChI=1S/C18H19N7/c1-12-13(2)22-18-20-11-21-25(18)16(12)23-15(14-7-5-4-6-8-14)17-19-9-10-24(17)3/h4-11,15,23H,1-3H3/t15-/m1/s1. The van der Waals surface area contributed by atoms with E-state index in [0.29, 0.717) is 5.78 Å². The minimum atomic E-state index is -0.117. The van der Waals surface area contributed by atoms with Gasteiger partial charge in [0.2, 0.25) is 0 Å². The normalized spacial score (nSPS) is 12.4. The Morgan fingerprint density at radius 1 is 1.08 bits per heavy atom. The Hall–Kier alpha value is -3.22. The first-order valence-electron chi connectivity index (χ1n) is 8.11. The summed E-state index contributed by atoms with van der Waals surface area (Å²) in [7, 11) is 2.00. The van der Waals surface area contributed by atoms with Crippen LogP contribution in [-0.4, -0.2) is 29.1 Å². The van der Waals surface area contributed by atoms with Crippen LogP contribution in [0, 0.1) is 13.8 Å². The van der Waals surface area contributed by atoms with Crippen LogP contribution in [0.2, 0.25) is 0 Å². The molecule has 4 rings (SSSR count). The average molecular weight is 333 g/mol. The highest BCUT2D eigenvalue weighted by atomic mass is 15.4. The summed E-state index contributed by atoms with van der Waals surface area (Å²) in [5.74, 6) is 2.38. The van der Waals surface area contributed by atoms with E-state index in [1.54, 1.807) is 4.52 Å². The van der Waals surface area contributed by atoms with Crippen LogP contribution in [-0.2, 0) is 7.05 Å². The maximum atomic E-state index is 4.55. The lowest BCUT2D eigenvalue weighted by Gasteiger charge is -2.22. The molecule has 7 nitrogen and oxygen atoms in total. The van der Waals surface area contributed by atoms with Gasteiger partial charge >= 0.3 is 0 Å². The average Bonchev–Trinajstić information content (AvgIpc) is 3.25. The van der Waals surface area contributed by atoms with Gasteiger partial charge in [-0.15, -0.1) is 0 Å². The molecule has 0 saturated carbocycles. The predicted octanol–water partition coefficient (Wildman–Crippen LogP) is 2.68. The van der Waals surface area contributed by atoms with Crippen molar-refractivity contribution < 1.29 is 0 Å². The van der Waals surface area contributed by atoms with E-state index in [2.05, 4.69) is 37.5 Å². The van der Waals surface area contributed by atoms with Gasteiger partial charge in [0.05, 0.1) is 0 Å². The Morgan fingerprint density at radius 2 is 1.88 bits per heavy atom. The summed E-state index contributed by atoms with van der Waals surface area (Å²) in [6, 6.07) is 10.1. The number of aryl methyl sites for hydroxylation is 2. The number of fused-ring (bicyclic) bond motifs is 1. The van der Waals surface area contributed by atoms with Crippen LogP contribution in [0.1, 0.15) is 28.7 Å². The largest absolute Gasteiger partial charge is 0.356 e. The molecule has 7 heteroatoms. The van der Waals surface area contributed by atoms with Crippen molar-refractivity contribution in [2.45, 2.75) is 19.9 Å². The molecule has 0 spiro atoms. The van der Waals surface area contributed by atoms with E-state index >= 15 is 0 Å². The SMILES string of the molecule is Cc1nc2ncnn2c(N[C@H](c2ccccc2)c2nccn2C)c1C. The van der Waals surface area contributed by atoms with Crippen molar-refractivity contribution in [3.05, 3.63) is 71.7 Å². The number of nitrogens with one attached hydrogen (secondary N) is 1. The summed E-state index contributed by atoms with van der Waals surface area (Å²) in [5, 5.41) is 7.94. The van der Waals surface area contributed by atoms with Gasteiger partial charge in [0.1, 0.15) is 24.0 Å². The molecule has 3 aromatic heterocycles. The minimum Gasteiger partial charge on any atom is -0.356 e. The number of imidazole rings is 1. The highest BCUT2D eigenvalue weighted by Crippen LogP contribution is 2.27. The molecule has 1 aromatic carbocycles. The number of nitrogens with zero attached hydrogens (tertiary/aromatic N) is 6. The van der Waals surface area contributed by atoms with Gasteiger partial charge in [-0.1, -0.05) is 30.3 Å². The zero-order valence-electron chi connectivity index (χ0n) is 14.4. The highest BCUT2D eigenvalue weighted by Gasteiger charge is 2.21. The third-order valence-corrected chi connectivity index (χ3v) is 4.44. The lowest BCUT2D eigenvalue weighted by Crippen LogP contribution is -2.20. The van der Waals surface area contributed by atoms with E-state index in [9.17, 15) is 0 Å². The maximum Gasteiger partial charge on any atom is 0.254 e. The van der Waals surface area contributed by atoms with Gasteiger partial charge in [0.25, 0.3) is 5.78 Å². The topological polar surface area (TPSA) is 72.9 Å². The summed E-state index contributed by atoms with van der Waals surface area (Å²) in [6.07, 6.45) is 5.27. The van der Waals surface area contributed by atoms with Gasteiger partial charge in [-0.05, 0) is 19.4 Å². The summed E-state index contributed by atoms with van der Waals surface area (Å²) < 4.78 is 3.76. The molecule has 0 fully saturated rings. The Morgan fingerprint density at radius 3 is 2.60 bits per heavy atom. The zero-order valence-corrected chi connectivity index (χ0v) is 14.4. The second-order valence-electron chi connectivity index (χ2n) is 6.03. The molecule has 1 atom stereocenters. The first kappa shape index (κ1) is 15.3. The van der Waals surface area contributed by atoms with Crippen molar-refractivity contribution >= 4 is 11.6 Å². The van der Waals surface area contributed by atoms with Gasteiger partial charge in [-0.2, -0.15) is 14.6 Å². The molecule has 0 aliphatic heterocycles. The lowest BCUT2D eigenvalue weighted by molar-refractivity contribution is 0.737. The number of hydrogen-bond donors (Lipinski definition) is 1. The van der Waals surface area contributed by atoms with E-state index in [0.717, 1.165) is 28.5 Å². The maximum absolute atomic E-state index is 4.55. The molecule has 0 saturated heterocycles. The predicted molar refractivity (Wildman–Crippen MR) is 95.4 cm³/mol. The quantitative estimate of drug-likeness (QED) is 0.621. The number of hydrogen-bond acceptors (Lipinski definition) is 5. The van der Waals surface area contributed by atoms with E-state index < -0.39 is 0 Å². The molecule has 3 heterocycles. The van der Waals surface area contributed by atoms with E-state index in [1.807, 2.05) is 56.1 Å². The Balaban J connectivity index is 1.87.